The number of nitrogens with one attached hydrogen (secondary N) is 1. The second-order valence-electron chi connectivity index (χ2n) is 6.39. The number of hydrogen-bond donors (Lipinski definition) is 2. The van der Waals surface area contributed by atoms with Crippen LogP contribution < -0.4 is 5.32 Å². The minimum Gasteiger partial charge on any atom is -0.396 e. The summed E-state index contributed by atoms with van der Waals surface area (Å²) < 4.78 is 0. The molecule has 0 amide bonds. The van der Waals surface area contributed by atoms with Crippen LogP contribution in [0, 0.1) is 11.8 Å². The highest BCUT2D eigenvalue weighted by Gasteiger charge is 2.21. The summed E-state index contributed by atoms with van der Waals surface area (Å²) in [6.45, 7) is 7.12. The van der Waals surface area contributed by atoms with Crippen LogP contribution in [0.15, 0.2) is 0 Å². The van der Waals surface area contributed by atoms with Crippen LogP contribution in [-0.2, 0) is 0 Å². The van der Waals surface area contributed by atoms with E-state index in [9.17, 15) is 0 Å². The van der Waals surface area contributed by atoms with Crippen molar-refractivity contribution in [2.75, 3.05) is 6.61 Å². The van der Waals surface area contributed by atoms with Crippen molar-refractivity contribution in [1.82, 2.24) is 5.32 Å². The van der Waals surface area contributed by atoms with Gasteiger partial charge in [-0.1, -0.05) is 46.5 Å². The lowest BCUT2D eigenvalue weighted by atomic mass is 9.95. The third kappa shape index (κ3) is 5.71. The standard InChI is InChI=1S/C16H33NO/c1-4-6-14-7-5-8-15(10-9-14)17-16(11-12-18)13(2)3/h13-18H,4-12H2,1-3H3. The number of rotatable bonds is 7. The summed E-state index contributed by atoms with van der Waals surface area (Å²) in [7, 11) is 0. The summed E-state index contributed by atoms with van der Waals surface area (Å²) in [4.78, 5) is 0. The summed E-state index contributed by atoms with van der Waals surface area (Å²) in [5, 5.41) is 12.9. The molecule has 1 rings (SSSR count). The summed E-state index contributed by atoms with van der Waals surface area (Å²) in [6.07, 6.45) is 10.5. The molecule has 0 aromatic heterocycles. The maximum absolute atomic E-state index is 9.14. The molecule has 0 aromatic rings. The Kier molecular flexibility index (Phi) is 7.92. The van der Waals surface area contributed by atoms with Crippen molar-refractivity contribution in [3.8, 4) is 0 Å². The van der Waals surface area contributed by atoms with Crippen LogP contribution >= 0.6 is 0 Å². The Bertz CT molecular complexity index is 205. The van der Waals surface area contributed by atoms with E-state index in [2.05, 4.69) is 26.1 Å². The van der Waals surface area contributed by atoms with Gasteiger partial charge in [0.25, 0.3) is 0 Å². The van der Waals surface area contributed by atoms with E-state index in [0.29, 0.717) is 24.6 Å². The van der Waals surface area contributed by atoms with Gasteiger partial charge >= 0.3 is 0 Å². The van der Waals surface area contributed by atoms with Gasteiger partial charge in [0.15, 0.2) is 0 Å². The second-order valence-corrected chi connectivity index (χ2v) is 6.39. The smallest absolute Gasteiger partial charge is 0.0445 e. The molecule has 2 heteroatoms. The van der Waals surface area contributed by atoms with Gasteiger partial charge in [-0.05, 0) is 37.5 Å². The van der Waals surface area contributed by atoms with Crippen LogP contribution in [0.3, 0.4) is 0 Å². The van der Waals surface area contributed by atoms with E-state index in [4.69, 9.17) is 5.11 Å². The highest BCUT2D eigenvalue weighted by molar-refractivity contribution is 4.80. The van der Waals surface area contributed by atoms with Gasteiger partial charge in [-0.2, -0.15) is 0 Å². The Balaban J connectivity index is 2.37. The first-order valence-corrected chi connectivity index (χ1v) is 8.04. The van der Waals surface area contributed by atoms with E-state index < -0.39 is 0 Å². The zero-order chi connectivity index (χ0) is 13.4. The SMILES string of the molecule is CCCC1CCCC(NC(CCO)C(C)C)CC1. The second kappa shape index (κ2) is 8.92. The fourth-order valence-electron chi connectivity index (χ4n) is 3.29. The number of hydrogen-bond acceptors (Lipinski definition) is 2. The van der Waals surface area contributed by atoms with Gasteiger partial charge in [0.1, 0.15) is 0 Å². The zero-order valence-corrected chi connectivity index (χ0v) is 12.6. The zero-order valence-electron chi connectivity index (χ0n) is 12.6. The first kappa shape index (κ1) is 16.0. The highest BCUT2D eigenvalue weighted by Crippen LogP contribution is 2.27. The Labute approximate surface area is 114 Å². The predicted molar refractivity (Wildman–Crippen MR) is 78.7 cm³/mol. The van der Waals surface area contributed by atoms with E-state index in [1.165, 1.54) is 44.9 Å². The fourth-order valence-corrected chi connectivity index (χ4v) is 3.29. The molecule has 3 atom stereocenters. The molecule has 0 saturated heterocycles. The lowest BCUT2D eigenvalue weighted by Crippen LogP contribution is -2.41. The van der Waals surface area contributed by atoms with E-state index >= 15 is 0 Å². The molecule has 0 aromatic carbocycles. The number of aliphatic hydroxyl groups excluding tert-OH is 1. The average molecular weight is 255 g/mol. The molecule has 1 fully saturated rings. The summed E-state index contributed by atoms with van der Waals surface area (Å²) >= 11 is 0. The van der Waals surface area contributed by atoms with Crippen molar-refractivity contribution in [2.24, 2.45) is 11.8 Å². The van der Waals surface area contributed by atoms with E-state index in [1.807, 2.05) is 0 Å². The quantitative estimate of drug-likeness (QED) is 0.679. The van der Waals surface area contributed by atoms with Gasteiger partial charge in [0.2, 0.25) is 0 Å². The third-order valence-corrected chi connectivity index (χ3v) is 4.48. The Morgan fingerprint density at radius 3 is 2.56 bits per heavy atom. The van der Waals surface area contributed by atoms with Crippen molar-refractivity contribution >= 4 is 0 Å². The van der Waals surface area contributed by atoms with Crippen molar-refractivity contribution < 1.29 is 5.11 Å². The third-order valence-electron chi connectivity index (χ3n) is 4.48. The van der Waals surface area contributed by atoms with Crippen LogP contribution in [0.1, 0.15) is 72.1 Å². The molecule has 0 bridgehead atoms. The number of aliphatic hydroxyl groups is 1. The maximum Gasteiger partial charge on any atom is 0.0445 e. The van der Waals surface area contributed by atoms with Crippen LogP contribution in [-0.4, -0.2) is 23.8 Å². The Hall–Kier alpha value is -0.0800. The van der Waals surface area contributed by atoms with E-state index in [1.54, 1.807) is 0 Å². The van der Waals surface area contributed by atoms with Gasteiger partial charge in [0, 0.05) is 18.7 Å². The van der Waals surface area contributed by atoms with Crippen molar-refractivity contribution in [2.45, 2.75) is 84.2 Å². The molecule has 0 radical (unpaired) electrons. The molecule has 1 saturated carbocycles. The molecule has 3 unspecified atom stereocenters. The molecule has 0 heterocycles. The molecule has 0 spiro atoms. The fraction of sp³-hybridized carbons (Fsp3) is 1.00. The maximum atomic E-state index is 9.14. The predicted octanol–water partition coefficient (Wildman–Crippen LogP) is 3.73. The first-order valence-electron chi connectivity index (χ1n) is 8.04. The minimum absolute atomic E-state index is 0.307. The normalized spacial score (nSPS) is 27.2. The molecule has 108 valence electrons. The average Bonchev–Trinajstić information content (AvgIpc) is 2.55. The topological polar surface area (TPSA) is 32.3 Å². The summed E-state index contributed by atoms with van der Waals surface area (Å²) in [6, 6.07) is 1.17. The van der Waals surface area contributed by atoms with Gasteiger partial charge < -0.3 is 10.4 Å². The van der Waals surface area contributed by atoms with Crippen molar-refractivity contribution in [3.63, 3.8) is 0 Å². The van der Waals surface area contributed by atoms with Gasteiger partial charge in [-0.3, -0.25) is 0 Å². The summed E-state index contributed by atoms with van der Waals surface area (Å²) in [5.41, 5.74) is 0. The van der Waals surface area contributed by atoms with E-state index in [-0.39, 0.29) is 0 Å². The van der Waals surface area contributed by atoms with Crippen molar-refractivity contribution in [3.05, 3.63) is 0 Å². The minimum atomic E-state index is 0.307. The Morgan fingerprint density at radius 2 is 1.94 bits per heavy atom. The molecular formula is C16H33NO. The highest BCUT2D eigenvalue weighted by atomic mass is 16.3. The van der Waals surface area contributed by atoms with Gasteiger partial charge in [0.05, 0.1) is 0 Å². The molecule has 0 aliphatic heterocycles. The largest absolute Gasteiger partial charge is 0.396 e. The van der Waals surface area contributed by atoms with Crippen LogP contribution in [0.4, 0.5) is 0 Å². The molecular weight excluding hydrogens is 222 g/mol. The van der Waals surface area contributed by atoms with E-state index in [0.717, 1.165) is 12.3 Å². The lowest BCUT2D eigenvalue weighted by Gasteiger charge is -2.27. The van der Waals surface area contributed by atoms with Gasteiger partial charge in [-0.25, -0.2) is 0 Å². The first-order chi connectivity index (χ1) is 8.67. The summed E-state index contributed by atoms with van der Waals surface area (Å²) in [5.74, 6) is 1.59. The molecule has 2 nitrogen and oxygen atoms in total. The van der Waals surface area contributed by atoms with Crippen LogP contribution in [0.5, 0.6) is 0 Å². The van der Waals surface area contributed by atoms with Crippen LogP contribution in [0.2, 0.25) is 0 Å². The van der Waals surface area contributed by atoms with Crippen LogP contribution in [0.25, 0.3) is 0 Å². The molecule has 1 aliphatic rings. The van der Waals surface area contributed by atoms with Crippen molar-refractivity contribution in [1.29, 1.82) is 0 Å². The molecule has 2 N–H and O–H groups in total. The van der Waals surface area contributed by atoms with Gasteiger partial charge in [-0.15, -0.1) is 0 Å². The Morgan fingerprint density at radius 1 is 1.17 bits per heavy atom. The molecule has 18 heavy (non-hydrogen) atoms. The lowest BCUT2D eigenvalue weighted by molar-refractivity contribution is 0.230. The molecule has 1 aliphatic carbocycles. The monoisotopic (exact) mass is 255 g/mol.